The van der Waals surface area contributed by atoms with Crippen LogP contribution in [0.5, 0.6) is 0 Å². The number of aliphatic hydroxyl groups is 1. The molecule has 0 spiro atoms. The zero-order valence-electron chi connectivity index (χ0n) is 9.10. The van der Waals surface area contributed by atoms with E-state index in [1.807, 2.05) is 24.3 Å². The SMILES string of the molecule is CN(Cc1cccc(C#CCO)c1)C(N)=O. The molecule has 0 aliphatic heterocycles. The molecule has 4 heteroatoms. The lowest BCUT2D eigenvalue weighted by atomic mass is 10.1. The number of benzene rings is 1. The number of amides is 2. The molecule has 0 unspecified atom stereocenters. The van der Waals surface area contributed by atoms with Crippen LogP contribution in [0.15, 0.2) is 24.3 Å². The van der Waals surface area contributed by atoms with Crippen molar-refractivity contribution in [3.63, 3.8) is 0 Å². The molecule has 2 amide bonds. The first-order valence-electron chi connectivity index (χ1n) is 4.82. The van der Waals surface area contributed by atoms with Crippen molar-refractivity contribution in [1.82, 2.24) is 4.90 Å². The number of carbonyl (C=O) groups is 1. The van der Waals surface area contributed by atoms with Gasteiger partial charge in [-0.2, -0.15) is 0 Å². The molecule has 1 rings (SSSR count). The van der Waals surface area contributed by atoms with Crippen LogP contribution in [0.1, 0.15) is 11.1 Å². The van der Waals surface area contributed by atoms with Gasteiger partial charge in [0.1, 0.15) is 6.61 Å². The predicted molar refractivity (Wildman–Crippen MR) is 61.5 cm³/mol. The highest BCUT2D eigenvalue weighted by Gasteiger charge is 2.03. The minimum Gasteiger partial charge on any atom is -0.384 e. The quantitative estimate of drug-likeness (QED) is 0.711. The van der Waals surface area contributed by atoms with E-state index >= 15 is 0 Å². The van der Waals surface area contributed by atoms with E-state index in [1.54, 1.807) is 7.05 Å². The fraction of sp³-hybridized carbons (Fsp3) is 0.250. The first kappa shape index (κ1) is 12.1. The van der Waals surface area contributed by atoms with Crippen molar-refractivity contribution < 1.29 is 9.90 Å². The predicted octanol–water partition coefficient (Wildman–Crippen LogP) is 0.541. The van der Waals surface area contributed by atoms with E-state index in [-0.39, 0.29) is 6.61 Å². The van der Waals surface area contributed by atoms with Gasteiger partial charge in [-0.25, -0.2) is 4.79 Å². The number of aliphatic hydroxyl groups excluding tert-OH is 1. The molecular formula is C12H14N2O2. The van der Waals surface area contributed by atoms with Gasteiger partial charge in [-0.05, 0) is 17.7 Å². The van der Waals surface area contributed by atoms with Crippen molar-refractivity contribution in [2.75, 3.05) is 13.7 Å². The minimum atomic E-state index is -0.466. The minimum absolute atomic E-state index is 0.161. The van der Waals surface area contributed by atoms with Crippen LogP contribution in [0, 0.1) is 11.8 Å². The number of urea groups is 1. The first-order valence-corrected chi connectivity index (χ1v) is 4.82. The van der Waals surface area contributed by atoms with Crippen molar-refractivity contribution in [3.8, 4) is 11.8 Å². The zero-order chi connectivity index (χ0) is 12.0. The van der Waals surface area contributed by atoms with Crippen LogP contribution in [-0.2, 0) is 6.54 Å². The fourth-order valence-corrected chi connectivity index (χ4v) is 1.24. The van der Waals surface area contributed by atoms with Crippen molar-refractivity contribution in [2.24, 2.45) is 5.73 Å². The number of nitrogens with zero attached hydrogens (tertiary/aromatic N) is 1. The van der Waals surface area contributed by atoms with Gasteiger partial charge < -0.3 is 15.7 Å². The molecular weight excluding hydrogens is 204 g/mol. The van der Waals surface area contributed by atoms with Crippen molar-refractivity contribution in [3.05, 3.63) is 35.4 Å². The molecule has 0 atom stereocenters. The Hall–Kier alpha value is -1.99. The Balaban J connectivity index is 2.78. The number of primary amides is 1. The maximum Gasteiger partial charge on any atom is 0.314 e. The van der Waals surface area contributed by atoms with Gasteiger partial charge in [-0.1, -0.05) is 24.0 Å². The number of hydrogen-bond donors (Lipinski definition) is 2. The van der Waals surface area contributed by atoms with E-state index in [1.165, 1.54) is 4.90 Å². The number of nitrogens with two attached hydrogens (primary N) is 1. The summed E-state index contributed by atoms with van der Waals surface area (Å²) in [5, 5.41) is 8.57. The van der Waals surface area contributed by atoms with E-state index in [0.29, 0.717) is 6.54 Å². The molecule has 0 radical (unpaired) electrons. The molecule has 0 heterocycles. The molecule has 1 aromatic rings. The van der Waals surface area contributed by atoms with Crippen molar-refractivity contribution in [1.29, 1.82) is 0 Å². The zero-order valence-corrected chi connectivity index (χ0v) is 9.10. The van der Waals surface area contributed by atoms with E-state index in [9.17, 15) is 4.79 Å². The molecule has 3 N–H and O–H groups in total. The average Bonchev–Trinajstić information content (AvgIpc) is 2.26. The Morgan fingerprint density at radius 1 is 1.56 bits per heavy atom. The Morgan fingerprint density at radius 3 is 2.94 bits per heavy atom. The third-order valence-electron chi connectivity index (χ3n) is 2.03. The van der Waals surface area contributed by atoms with Crippen LogP contribution in [-0.4, -0.2) is 29.7 Å². The number of rotatable bonds is 2. The van der Waals surface area contributed by atoms with Gasteiger partial charge in [0.25, 0.3) is 0 Å². The smallest absolute Gasteiger partial charge is 0.314 e. The molecule has 0 fully saturated rings. The lowest BCUT2D eigenvalue weighted by Gasteiger charge is -2.13. The first-order chi connectivity index (χ1) is 7.63. The van der Waals surface area contributed by atoms with Crippen LogP contribution >= 0.6 is 0 Å². The molecule has 0 aliphatic rings. The van der Waals surface area contributed by atoms with Crippen LogP contribution < -0.4 is 5.73 Å². The number of hydrogen-bond acceptors (Lipinski definition) is 2. The summed E-state index contributed by atoms with van der Waals surface area (Å²) in [6.07, 6.45) is 0. The highest BCUT2D eigenvalue weighted by atomic mass is 16.2. The second kappa shape index (κ2) is 5.79. The van der Waals surface area contributed by atoms with Crippen molar-refractivity contribution in [2.45, 2.75) is 6.54 Å². The maximum absolute atomic E-state index is 10.8. The molecule has 16 heavy (non-hydrogen) atoms. The molecule has 0 aromatic heterocycles. The Labute approximate surface area is 94.7 Å². The highest BCUT2D eigenvalue weighted by molar-refractivity contribution is 5.71. The molecule has 0 saturated heterocycles. The summed E-state index contributed by atoms with van der Waals surface area (Å²) in [6, 6.07) is 6.99. The summed E-state index contributed by atoms with van der Waals surface area (Å²) in [7, 11) is 1.63. The van der Waals surface area contributed by atoms with Gasteiger partial charge in [0.05, 0.1) is 0 Å². The van der Waals surface area contributed by atoms with Gasteiger partial charge in [-0.15, -0.1) is 0 Å². The summed E-state index contributed by atoms with van der Waals surface area (Å²) in [5.74, 6) is 5.37. The van der Waals surface area contributed by atoms with Gasteiger partial charge in [0.15, 0.2) is 0 Å². The van der Waals surface area contributed by atoms with E-state index in [0.717, 1.165) is 11.1 Å². The third-order valence-corrected chi connectivity index (χ3v) is 2.03. The summed E-state index contributed by atoms with van der Waals surface area (Å²) < 4.78 is 0. The largest absolute Gasteiger partial charge is 0.384 e. The van der Waals surface area contributed by atoms with Crippen LogP contribution in [0.25, 0.3) is 0 Å². The molecule has 1 aromatic carbocycles. The second-order valence-electron chi connectivity index (χ2n) is 3.35. The normalized spacial score (nSPS) is 9.12. The van der Waals surface area contributed by atoms with Gasteiger partial charge >= 0.3 is 6.03 Å². The molecule has 0 bridgehead atoms. The summed E-state index contributed by atoms with van der Waals surface area (Å²) in [4.78, 5) is 12.3. The fourth-order valence-electron chi connectivity index (χ4n) is 1.24. The Kier molecular flexibility index (Phi) is 4.37. The summed E-state index contributed by atoms with van der Waals surface area (Å²) in [6.45, 7) is 0.287. The molecule has 4 nitrogen and oxygen atoms in total. The highest BCUT2D eigenvalue weighted by Crippen LogP contribution is 2.06. The third kappa shape index (κ3) is 3.64. The van der Waals surface area contributed by atoms with E-state index in [4.69, 9.17) is 10.8 Å². The van der Waals surface area contributed by atoms with Gasteiger partial charge in [-0.3, -0.25) is 0 Å². The van der Waals surface area contributed by atoms with E-state index < -0.39 is 6.03 Å². The lowest BCUT2D eigenvalue weighted by Crippen LogP contribution is -2.31. The van der Waals surface area contributed by atoms with Gasteiger partial charge in [0.2, 0.25) is 0 Å². The Bertz CT molecular complexity index is 432. The molecule has 0 saturated carbocycles. The maximum atomic E-state index is 10.8. The van der Waals surface area contributed by atoms with Crippen LogP contribution in [0.3, 0.4) is 0 Å². The molecule has 0 aliphatic carbocycles. The molecule has 84 valence electrons. The van der Waals surface area contributed by atoms with Crippen LogP contribution in [0.4, 0.5) is 4.79 Å². The summed E-state index contributed by atoms with van der Waals surface area (Å²) >= 11 is 0. The van der Waals surface area contributed by atoms with Crippen molar-refractivity contribution >= 4 is 6.03 Å². The monoisotopic (exact) mass is 218 g/mol. The van der Waals surface area contributed by atoms with Gasteiger partial charge in [0, 0.05) is 19.2 Å². The summed E-state index contributed by atoms with van der Waals surface area (Å²) in [5.41, 5.74) is 6.89. The number of carbonyl (C=O) groups excluding carboxylic acids is 1. The lowest BCUT2D eigenvalue weighted by molar-refractivity contribution is 0.216. The van der Waals surface area contributed by atoms with Crippen LogP contribution in [0.2, 0.25) is 0 Å². The second-order valence-corrected chi connectivity index (χ2v) is 3.35. The standard InChI is InChI=1S/C12H14N2O2/c1-14(12(13)16)9-11-5-2-4-10(8-11)6-3-7-15/h2,4-5,8,15H,7,9H2,1H3,(H2,13,16). The van der Waals surface area contributed by atoms with E-state index in [2.05, 4.69) is 11.8 Å². The average molecular weight is 218 g/mol. The topological polar surface area (TPSA) is 66.6 Å². The Morgan fingerprint density at radius 2 is 2.31 bits per heavy atom.